The van der Waals surface area contributed by atoms with Gasteiger partial charge in [0.2, 0.25) is 0 Å². The van der Waals surface area contributed by atoms with Crippen molar-refractivity contribution in [3.8, 4) is 0 Å². The number of benzene rings is 1. The Morgan fingerprint density at radius 3 is 2.71 bits per heavy atom. The molecule has 5 heteroatoms. The van der Waals surface area contributed by atoms with Crippen LogP contribution in [0.1, 0.15) is 5.56 Å². The molecule has 0 aliphatic carbocycles. The van der Waals surface area contributed by atoms with Crippen molar-refractivity contribution < 1.29 is 4.39 Å². The molecule has 0 spiro atoms. The van der Waals surface area contributed by atoms with Crippen LogP contribution in [0.5, 0.6) is 0 Å². The van der Waals surface area contributed by atoms with Crippen LogP contribution in [0.15, 0.2) is 27.7 Å². The maximum Gasteiger partial charge on any atom is 0.185 e. The van der Waals surface area contributed by atoms with Gasteiger partial charge in [0, 0.05) is 6.54 Å². The van der Waals surface area contributed by atoms with E-state index in [0.717, 1.165) is 5.56 Å². The Balaban J connectivity index is 2.60. The summed E-state index contributed by atoms with van der Waals surface area (Å²) in [4.78, 5) is 3.84. The summed E-state index contributed by atoms with van der Waals surface area (Å²) in [5.74, 6) is -0.193. The third-order valence-corrected chi connectivity index (χ3v) is 2.29. The summed E-state index contributed by atoms with van der Waals surface area (Å²) in [5.41, 5.74) is 11.3. The van der Waals surface area contributed by atoms with E-state index in [4.69, 9.17) is 11.5 Å². The third-order valence-electron chi connectivity index (χ3n) is 1.68. The van der Waals surface area contributed by atoms with Gasteiger partial charge in [-0.1, -0.05) is 6.07 Å². The number of halogens is 2. The number of rotatable bonds is 3. The fourth-order valence-electron chi connectivity index (χ4n) is 1.01. The molecule has 14 heavy (non-hydrogen) atoms. The van der Waals surface area contributed by atoms with Crippen molar-refractivity contribution in [2.24, 2.45) is 16.5 Å². The molecule has 0 unspecified atom stereocenters. The fourth-order valence-corrected chi connectivity index (χ4v) is 1.44. The second-order valence-corrected chi connectivity index (χ2v) is 3.66. The van der Waals surface area contributed by atoms with Crippen LogP contribution in [0.2, 0.25) is 0 Å². The number of hydrogen-bond acceptors (Lipinski definition) is 1. The van der Waals surface area contributed by atoms with Crippen LogP contribution >= 0.6 is 15.9 Å². The minimum absolute atomic E-state index is 0.0752. The van der Waals surface area contributed by atoms with Gasteiger partial charge in [-0.2, -0.15) is 0 Å². The number of aliphatic imine (C=N–C) groups is 1. The summed E-state index contributed by atoms with van der Waals surface area (Å²) in [7, 11) is 0. The molecule has 0 amide bonds. The van der Waals surface area contributed by atoms with Crippen LogP contribution in [0.4, 0.5) is 4.39 Å². The molecule has 1 aromatic carbocycles. The minimum atomic E-state index is -0.268. The van der Waals surface area contributed by atoms with Gasteiger partial charge in [-0.15, -0.1) is 0 Å². The molecule has 0 bridgehead atoms. The zero-order valence-corrected chi connectivity index (χ0v) is 9.09. The van der Waals surface area contributed by atoms with Gasteiger partial charge in [0.15, 0.2) is 5.96 Å². The van der Waals surface area contributed by atoms with Crippen LogP contribution in [0.25, 0.3) is 0 Å². The van der Waals surface area contributed by atoms with Gasteiger partial charge in [0.25, 0.3) is 0 Å². The Bertz CT molecular complexity index is 348. The number of guanidine groups is 1. The first kappa shape index (κ1) is 11.0. The lowest BCUT2D eigenvalue weighted by Gasteiger charge is -2.00. The molecular formula is C9H11BrFN3. The second kappa shape index (κ2) is 4.95. The molecule has 3 nitrogen and oxygen atoms in total. The molecule has 0 atom stereocenters. The molecule has 0 heterocycles. The lowest BCUT2D eigenvalue weighted by Crippen LogP contribution is -2.23. The minimum Gasteiger partial charge on any atom is -0.370 e. The monoisotopic (exact) mass is 259 g/mol. The Kier molecular flexibility index (Phi) is 3.88. The van der Waals surface area contributed by atoms with Gasteiger partial charge < -0.3 is 11.5 Å². The summed E-state index contributed by atoms with van der Waals surface area (Å²) < 4.78 is 13.3. The molecule has 0 saturated carbocycles. The van der Waals surface area contributed by atoms with Gasteiger partial charge in [-0.25, -0.2) is 4.39 Å². The zero-order valence-electron chi connectivity index (χ0n) is 7.50. The standard InChI is InChI=1S/C9H11BrFN3/c10-7-5-6(1-2-8(7)11)3-4-14-9(12)13/h1-2,5H,3-4H2,(H4,12,13,14). The topological polar surface area (TPSA) is 64.4 Å². The van der Waals surface area contributed by atoms with Gasteiger partial charge in [-0.3, -0.25) is 4.99 Å². The Hall–Kier alpha value is -1.10. The van der Waals surface area contributed by atoms with E-state index in [1.165, 1.54) is 6.07 Å². The van der Waals surface area contributed by atoms with Crippen LogP contribution < -0.4 is 11.5 Å². The third kappa shape index (κ3) is 3.33. The largest absolute Gasteiger partial charge is 0.370 e. The highest BCUT2D eigenvalue weighted by molar-refractivity contribution is 9.10. The van der Waals surface area contributed by atoms with Crippen molar-refractivity contribution >= 4 is 21.9 Å². The normalized spacial score (nSPS) is 9.86. The Morgan fingerprint density at radius 2 is 2.14 bits per heavy atom. The highest BCUT2D eigenvalue weighted by atomic mass is 79.9. The van der Waals surface area contributed by atoms with E-state index in [1.54, 1.807) is 12.1 Å². The lowest BCUT2D eigenvalue weighted by atomic mass is 10.1. The SMILES string of the molecule is NC(N)=NCCc1ccc(F)c(Br)c1. The van der Waals surface area contributed by atoms with Crippen LogP contribution in [0, 0.1) is 5.82 Å². The van der Waals surface area contributed by atoms with Crippen molar-refractivity contribution in [1.29, 1.82) is 0 Å². The molecular weight excluding hydrogens is 249 g/mol. The van der Waals surface area contributed by atoms with Crippen molar-refractivity contribution in [2.45, 2.75) is 6.42 Å². The highest BCUT2D eigenvalue weighted by Crippen LogP contribution is 2.16. The number of hydrogen-bond donors (Lipinski definition) is 2. The molecule has 4 N–H and O–H groups in total. The summed E-state index contributed by atoms with van der Waals surface area (Å²) in [5, 5.41) is 0. The summed E-state index contributed by atoms with van der Waals surface area (Å²) in [6.07, 6.45) is 0.691. The van der Waals surface area contributed by atoms with Crippen molar-refractivity contribution in [1.82, 2.24) is 0 Å². The molecule has 0 aliphatic rings. The Labute approximate surface area is 90.1 Å². The smallest absolute Gasteiger partial charge is 0.185 e. The molecule has 0 aliphatic heterocycles. The fraction of sp³-hybridized carbons (Fsp3) is 0.222. The average Bonchev–Trinajstić information content (AvgIpc) is 2.10. The van der Waals surface area contributed by atoms with E-state index >= 15 is 0 Å². The van der Waals surface area contributed by atoms with E-state index in [1.807, 2.05) is 0 Å². The van der Waals surface area contributed by atoms with E-state index in [2.05, 4.69) is 20.9 Å². The average molecular weight is 260 g/mol. The maximum atomic E-state index is 12.8. The van der Waals surface area contributed by atoms with Crippen LogP contribution in [-0.2, 0) is 6.42 Å². The molecule has 1 rings (SSSR count). The number of nitrogens with two attached hydrogens (primary N) is 2. The quantitative estimate of drug-likeness (QED) is 0.637. The van der Waals surface area contributed by atoms with Gasteiger partial charge in [0.05, 0.1) is 4.47 Å². The van der Waals surface area contributed by atoms with Gasteiger partial charge >= 0.3 is 0 Å². The first-order chi connectivity index (χ1) is 6.59. The second-order valence-electron chi connectivity index (χ2n) is 2.81. The summed E-state index contributed by atoms with van der Waals surface area (Å²) in [6, 6.07) is 4.84. The molecule has 0 aromatic heterocycles. The van der Waals surface area contributed by atoms with Crippen molar-refractivity contribution in [3.63, 3.8) is 0 Å². The van der Waals surface area contributed by atoms with Crippen LogP contribution in [-0.4, -0.2) is 12.5 Å². The van der Waals surface area contributed by atoms with E-state index in [-0.39, 0.29) is 11.8 Å². The zero-order chi connectivity index (χ0) is 10.6. The lowest BCUT2D eigenvalue weighted by molar-refractivity contribution is 0.620. The van der Waals surface area contributed by atoms with Crippen molar-refractivity contribution in [3.05, 3.63) is 34.1 Å². The molecule has 0 saturated heterocycles. The van der Waals surface area contributed by atoms with Crippen LogP contribution in [0.3, 0.4) is 0 Å². The molecule has 1 aromatic rings. The van der Waals surface area contributed by atoms with Crippen molar-refractivity contribution in [2.75, 3.05) is 6.54 Å². The van der Waals surface area contributed by atoms with E-state index in [9.17, 15) is 4.39 Å². The maximum absolute atomic E-state index is 12.8. The van der Waals surface area contributed by atoms with Gasteiger partial charge in [-0.05, 0) is 40.0 Å². The molecule has 76 valence electrons. The highest BCUT2D eigenvalue weighted by Gasteiger charge is 1.99. The predicted octanol–water partition coefficient (Wildman–Crippen LogP) is 1.40. The number of nitrogens with zero attached hydrogens (tertiary/aromatic N) is 1. The predicted molar refractivity (Wildman–Crippen MR) is 58.5 cm³/mol. The molecule has 0 radical (unpaired) electrons. The first-order valence-corrected chi connectivity index (χ1v) is 4.88. The molecule has 0 fully saturated rings. The summed E-state index contributed by atoms with van der Waals surface area (Å²) in [6.45, 7) is 0.514. The Morgan fingerprint density at radius 1 is 1.43 bits per heavy atom. The van der Waals surface area contributed by atoms with Gasteiger partial charge in [0.1, 0.15) is 5.82 Å². The first-order valence-electron chi connectivity index (χ1n) is 4.09. The summed E-state index contributed by atoms with van der Waals surface area (Å²) >= 11 is 3.11. The van der Waals surface area contributed by atoms with E-state index in [0.29, 0.717) is 17.4 Å². The van der Waals surface area contributed by atoms with E-state index < -0.39 is 0 Å².